The number of anilines is 2. The Labute approximate surface area is 290 Å². The van der Waals surface area contributed by atoms with Gasteiger partial charge in [-0.1, -0.05) is 18.2 Å². The van der Waals surface area contributed by atoms with Crippen molar-refractivity contribution < 1.29 is 49.1 Å². The average Bonchev–Trinajstić information content (AvgIpc) is 3.09. The van der Waals surface area contributed by atoms with E-state index in [2.05, 4.69) is 15.0 Å². The van der Waals surface area contributed by atoms with Crippen LogP contribution in [0, 0.1) is 0 Å². The van der Waals surface area contributed by atoms with E-state index in [-0.39, 0.29) is 17.3 Å². The van der Waals surface area contributed by atoms with Crippen molar-refractivity contribution in [1.82, 2.24) is 25.0 Å². The minimum Gasteiger partial charge on any atom is -0.494 e. The number of nitrogens with zero attached hydrogens (tertiary/aromatic N) is 8. The molecule has 18 heteroatoms. The molecule has 0 fully saturated rings. The molecule has 51 heavy (non-hydrogen) atoms. The predicted molar refractivity (Wildman–Crippen MR) is 181 cm³/mol. The van der Waals surface area contributed by atoms with E-state index in [0.717, 1.165) is 10.0 Å². The van der Waals surface area contributed by atoms with Gasteiger partial charge in [-0.15, -0.1) is 0 Å². The van der Waals surface area contributed by atoms with Crippen molar-refractivity contribution >= 4 is 47.3 Å². The number of carboxylic acid groups (broad SMARTS) is 4. The average molecular weight is 701 g/mol. The third-order valence-electron chi connectivity index (χ3n) is 7.28. The molecule has 0 spiro atoms. The fourth-order valence-electron chi connectivity index (χ4n) is 4.91. The Morgan fingerprint density at radius 1 is 0.647 bits per heavy atom. The van der Waals surface area contributed by atoms with E-state index in [9.17, 15) is 44.4 Å². The lowest BCUT2D eigenvalue weighted by atomic mass is 10.0. The number of aromatic nitrogens is 3. The Morgan fingerprint density at radius 3 is 1.49 bits per heavy atom. The third-order valence-corrected chi connectivity index (χ3v) is 7.28. The normalized spacial score (nSPS) is 10.8. The van der Waals surface area contributed by atoms with Crippen molar-refractivity contribution in [3.05, 3.63) is 66.7 Å². The molecule has 3 heterocycles. The number of aliphatic imine (C=N–C) groups is 1. The van der Waals surface area contributed by atoms with Crippen LogP contribution in [0.5, 0.6) is 5.75 Å². The summed E-state index contributed by atoms with van der Waals surface area (Å²) in [5, 5.41) is 42.2. The maximum atomic E-state index is 11.5. The first kappa shape index (κ1) is 37.1. The van der Waals surface area contributed by atoms with Gasteiger partial charge in [0.15, 0.2) is 0 Å². The van der Waals surface area contributed by atoms with E-state index in [1.165, 1.54) is 37.3 Å². The molecule has 4 aromatic rings. The Morgan fingerprint density at radius 2 is 1.10 bits per heavy atom. The molecule has 0 saturated carbocycles. The summed E-state index contributed by atoms with van der Waals surface area (Å²) in [7, 11) is 4.38. The van der Waals surface area contributed by atoms with Crippen LogP contribution in [0.2, 0.25) is 0 Å². The Hall–Kier alpha value is -6.75. The van der Waals surface area contributed by atoms with Gasteiger partial charge in [-0.05, 0) is 59.7 Å². The Kier molecular flexibility index (Phi) is 12.0. The van der Waals surface area contributed by atoms with Crippen LogP contribution >= 0.6 is 0 Å². The first-order valence-electron chi connectivity index (χ1n) is 14.9. The van der Waals surface area contributed by atoms with E-state index in [0.29, 0.717) is 39.7 Å². The fraction of sp³-hybridized carbons (Fsp3) is 0.212. The minimum atomic E-state index is -1.24. The van der Waals surface area contributed by atoms with Crippen LogP contribution in [0.4, 0.5) is 17.3 Å². The molecule has 3 aromatic heterocycles. The van der Waals surface area contributed by atoms with Crippen molar-refractivity contribution in [3.8, 4) is 39.7 Å². The zero-order valence-electron chi connectivity index (χ0n) is 27.5. The van der Waals surface area contributed by atoms with Gasteiger partial charge in [0.25, 0.3) is 0 Å². The van der Waals surface area contributed by atoms with Crippen LogP contribution in [0.3, 0.4) is 0 Å². The van der Waals surface area contributed by atoms with Crippen LogP contribution < -0.4 is 14.8 Å². The number of hydrogen-bond donors (Lipinski definition) is 4. The molecule has 1 aromatic carbocycles. The molecule has 0 saturated heterocycles. The number of carbonyl (C=O) groups is 4. The van der Waals surface area contributed by atoms with Gasteiger partial charge in [-0.3, -0.25) is 29.2 Å². The number of aliphatic carboxylic acids is 4. The number of isocyanates is 1. The fourth-order valence-corrected chi connectivity index (χ4v) is 4.91. The summed E-state index contributed by atoms with van der Waals surface area (Å²) in [6.45, 7) is -2.43. The second-order valence-electron chi connectivity index (χ2n) is 10.7. The number of hydrogen-bond acceptors (Lipinski definition) is 14. The third kappa shape index (κ3) is 9.67. The maximum Gasteiger partial charge on any atom is 0.319 e. The summed E-state index contributed by atoms with van der Waals surface area (Å²) < 4.78 is 5.31. The first-order valence-corrected chi connectivity index (χ1v) is 14.9. The van der Waals surface area contributed by atoms with Crippen LogP contribution in [-0.4, -0.2) is 123 Å². The topological polar surface area (TPSA) is 239 Å². The molecule has 0 atom stereocenters. The highest BCUT2D eigenvalue weighted by Crippen LogP contribution is 2.35. The lowest BCUT2D eigenvalue weighted by Crippen LogP contribution is -2.46. The van der Waals surface area contributed by atoms with Crippen LogP contribution in [-0.2, 0) is 24.0 Å². The molecule has 4 N–H and O–H groups in total. The number of ether oxygens (including phenoxy) is 1. The van der Waals surface area contributed by atoms with Gasteiger partial charge in [-0.2, -0.15) is 15.0 Å². The van der Waals surface area contributed by atoms with Gasteiger partial charge in [0.1, 0.15) is 49.3 Å². The zero-order valence-corrected chi connectivity index (χ0v) is 27.5. The summed E-state index contributed by atoms with van der Waals surface area (Å²) in [5.41, 5.74) is 2.62. The summed E-state index contributed by atoms with van der Waals surface area (Å²) in [6.07, 6.45) is 1.51. The van der Waals surface area contributed by atoms with E-state index < -0.39 is 50.1 Å². The lowest BCUT2D eigenvalue weighted by molar-refractivity contribution is -0.144. The van der Waals surface area contributed by atoms with Crippen molar-refractivity contribution in [1.29, 1.82) is 0 Å². The smallest absolute Gasteiger partial charge is 0.319 e. The Bertz CT molecular complexity index is 1870. The SMILES string of the molecule is COc1ccc(-c2cc(-c3cccc(N(C)N(CC(=O)O)CC(=O)O)n3)nc(-c3cccc(N(C)N(CC(=O)O)CC(=O)O)n3)c2)cc1N=C=O. The number of benzene rings is 1. The number of rotatable bonds is 17. The van der Waals surface area contributed by atoms with Crippen LogP contribution in [0.15, 0.2) is 71.7 Å². The lowest BCUT2D eigenvalue weighted by Gasteiger charge is -2.30. The predicted octanol–water partition coefficient (Wildman–Crippen LogP) is 2.49. The molecule has 0 aliphatic rings. The van der Waals surface area contributed by atoms with Gasteiger partial charge in [0.2, 0.25) is 6.08 Å². The van der Waals surface area contributed by atoms with Gasteiger partial charge in [-0.25, -0.2) is 19.7 Å². The molecular formula is C33H32N8O10. The highest BCUT2D eigenvalue weighted by atomic mass is 16.5. The van der Waals surface area contributed by atoms with Gasteiger partial charge in [0, 0.05) is 14.1 Å². The highest BCUT2D eigenvalue weighted by Gasteiger charge is 2.22. The monoisotopic (exact) mass is 700 g/mol. The number of carboxylic acids is 4. The van der Waals surface area contributed by atoms with E-state index >= 15 is 0 Å². The summed E-state index contributed by atoms with van der Waals surface area (Å²) in [4.78, 5) is 74.9. The summed E-state index contributed by atoms with van der Waals surface area (Å²) in [6, 6.07) is 18.1. The number of pyridine rings is 3. The second kappa shape index (κ2) is 16.6. The molecule has 0 amide bonds. The first-order chi connectivity index (χ1) is 24.3. The molecule has 264 valence electrons. The molecule has 0 radical (unpaired) electrons. The largest absolute Gasteiger partial charge is 0.494 e. The maximum absolute atomic E-state index is 11.5. The summed E-state index contributed by atoms with van der Waals surface area (Å²) >= 11 is 0. The molecule has 0 bridgehead atoms. The van der Waals surface area contributed by atoms with Crippen molar-refractivity contribution in [2.75, 3.05) is 57.4 Å². The zero-order chi connectivity index (χ0) is 37.2. The quantitative estimate of drug-likeness (QED) is 0.0703. The number of methoxy groups -OCH3 is 1. The van der Waals surface area contributed by atoms with E-state index in [1.54, 1.807) is 66.7 Å². The van der Waals surface area contributed by atoms with Gasteiger partial charge < -0.3 is 25.2 Å². The van der Waals surface area contributed by atoms with Crippen molar-refractivity contribution in [3.63, 3.8) is 0 Å². The summed E-state index contributed by atoms with van der Waals surface area (Å²) in [5.74, 6) is -4.22. The molecule has 0 unspecified atom stereocenters. The standard InChI is InChI=1S/C33H32N8O10/c1-38(40(15-30(43)44)16-31(45)46)28-8-4-6-22(36-28)24-13-21(20-10-11-27(51-3)26(12-20)34-19-42)14-25(35-24)23-7-5-9-29(37-23)39(2)41(17-32(47)48)18-33(49)50/h4-14H,15-18H2,1-3H3,(H,43,44)(H,45,46)(H,47,48)(H,49,50). The van der Waals surface area contributed by atoms with Crippen LogP contribution in [0.1, 0.15) is 0 Å². The van der Waals surface area contributed by atoms with E-state index in [1.807, 2.05) is 0 Å². The van der Waals surface area contributed by atoms with Crippen molar-refractivity contribution in [2.24, 2.45) is 4.99 Å². The molecule has 18 nitrogen and oxygen atoms in total. The highest BCUT2D eigenvalue weighted by molar-refractivity contribution is 5.79. The van der Waals surface area contributed by atoms with Gasteiger partial charge in [0.05, 0.1) is 29.9 Å². The number of hydrazine groups is 2. The van der Waals surface area contributed by atoms with E-state index in [4.69, 9.17) is 9.72 Å². The Balaban J connectivity index is 1.88. The van der Waals surface area contributed by atoms with Crippen LogP contribution in [0.25, 0.3) is 33.9 Å². The molecule has 0 aliphatic heterocycles. The second-order valence-corrected chi connectivity index (χ2v) is 10.7. The molecular weight excluding hydrogens is 668 g/mol. The minimum absolute atomic E-state index is 0.210. The van der Waals surface area contributed by atoms with Gasteiger partial charge >= 0.3 is 23.9 Å². The number of carbonyl (C=O) groups excluding carboxylic acids is 1. The molecule has 4 rings (SSSR count). The molecule has 0 aliphatic carbocycles. The van der Waals surface area contributed by atoms with Crippen molar-refractivity contribution in [2.45, 2.75) is 0 Å².